The second kappa shape index (κ2) is 10.8. The minimum atomic E-state index is -0.617. The van der Waals surface area contributed by atoms with Crippen LogP contribution in [0.3, 0.4) is 0 Å². The summed E-state index contributed by atoms with van der Waals surface area (Å²) < 4.78 is 23.4. The van der Waals surface area contributed by atoms with Gasteiger partial charge in [0.2, 0.25) is 11.6 Å². The molecular weight excluding hydrogens is 528 g/mol. The molecule has 7 heteroatoms. The second-order valence-electron chi connectivity index (χ2n) is 10.4. The molecule has 1 aromatic heterocycles. The van der Waals surface area contributed by atoms with Gasteiger partial charge in [-0.1, -0.05) is 60.2 Å². The molecule has 2 N–H and O–H groups in total. The Morgan fingerprint density at radius 1 is 0.929 bits per heavy atom. The van der Waals surface area contributed by atoms with Gasteiger partial charge in [-0.15, -0.1) is 0 Å². The molecule has 1 atom stereocenters. The molecule has 2 heterocycles. The SMILES string of the molecule is Cc1ccc(COc2cccc(C3C(C#N)=C(N)Oc4cc(OC(=O)c5oc6cc(C)ccc6c5C)ccc43)c2)cc1. The first-order valence-corrected chi connectivity index (χ1v) is 13.5. The van der Waals surface area contributed by atoms with E-state index in [4.69, 9.17) is 24.4 Å². The fourth-order valence-corrected chi connectivity index (χ4v) is 5.16. The molecule has 5 aromatic rings. The highest BCUT2D eigenvalue weighted by Crippen LogP contribution is 2.44. The fourth-order valence-electron chi connectivity index (χ4n) is 5.16. The zero-order valence-corrected chi connectivity index (χ0v) is 23.4. The number of carbonyl (C=O) groups is 1. The summed E-state index contributed by atoms with van der Waals surface area (Å²) in [5, 5.41) is 10.8. The molecule has 42 heavy (non-hydrogen) atoms. The highest BCUT2D eigenvalue weighted by Gasteiger charge is 2.31. The molecule has 0 amide bonds. The average molecular weight is 557 g/mol. The van der Waals surface area contributed by atoms with Crippen molar-refractivity contribution in [3.8, 4) is 23.3 Å². The summed E-state index contributed by atoms with van der Waals surface area (Å²) >= 11 is 0. The molecule has 0 radical (unpaired) electrons. The molecule has 1 aliphatic heterocycles. The van der Waals surface area contributed by atoms with Crippen LogP contribution in [0.25, 0.3) is 11.0 Å². The van der Waals surface area contributed by atoms with E-state index < -0.39 is 11.9 Å². The first-order chi connectivity index (χ1) is 20.3. The number of hydrogen-bond donors (Lipinski definition) is 1. The van der Waals surface area contributed by atoms with Crippen LogP contribution in [0.2, 0.25) is 0 Å². The Kier molecular flexibility index (Phi) is 6.89. The summed E-state index contributed by atoms with van der Waals surface area (Å²) in [7, 11) is 0. The molecule has 0 bridgehead atoms. The van der Waals surface area contributed by atoms with E-state index in [0.717, 1.165) is 22.1 Å². The van der Waals surface area contributed by atoms with Crippen molar-refractivity contribution in [1.29, 1.82) is 5.26 Å². The molecule has 0 saturated heterocycles. The monoisotopic (exact) mass is 556 g/mol. The number of rotatable bonds is 6. The van der Waals surface area contributed by atoms with Crippen LogP contribution in [0.1, 0.15) is 49.9 Å². The summed E-state index contributed by atoms with van der Waals surface area (Å²) in [6.07, 6.45) is 0. The van der Waals surface area contributed by atoms with Crippen molar-refractivity contribution in [2.75, 3.05) is 0 Å². The number of fused-ring (bicyclic) bond motifs is 2. The molecule has 1 unspecified atom stereocenters. The third-order valence-corrected chi connectivity index (χ3v) is 7.40. The van der Waals surface area contributed by atoms with Crippen LogP contribution in [0.5, 0.6) is 17.2 Å². The van der Waals surface area contributed by atoms with Crippen molar-refractivity contribution in [3.05, 3.63) is 136 Å². The zero-order chi connectivity index (χ0) is 29.4. The fraction of sp³-hybridized carbons (Fsp3) is 0.143. The van der Waals surface area contributed by atoms with Crippen LogP contribution >= 0.6 is 0 Å². The molecule has 7 nitrogen and oxygen atoms in total. The molecule has 208 valence electrons. The summed E-state index contributed by atoms with van der Waals surface area (Å²) in [4.78, 5) is 13.1. The van der Waals surface area contributed by atoms with Gasteiger partial charge < -0.3 is 24.4 Å². The van der Waals surface area contributed by atoms with Crippen molar-refractivity contribution in [1.82, 2.24) is 0 Å². The Hall–Kier alpha value is -5.48. The summed E-state index contributed by atoms with van der Waals surface area (Å²) in [5.74, 6) is 0.342. The number of furan rings is 1. The first-order valence-electron chi connectivity index (χ1n) is 13.5. The van der Waals surface area contributed by atoms with Gasteiger partial charge in [-0.05, 0) is 61.7 Å². The summed E-state index contributed by atoms with van der Waals surface area (Å²) in [6.45, 7) is 6.24. The van der Waals surface area contributed by atoms with Gasteiger partial charge in [0.1, 0.15) is 41.1 Å². The van der Waals surface area contributed by atoms with E-state index in [1.165, 1.54) is 5.56 Å². The van der Waals surface area contributed by atoms with E-state index in [-0.39, 0.29) is 23.0 Å². The Morgan fingerprint density at radius 2 is 1.71 bits per heavy atom. The molecule has 1 aliphatic rings. The standard InChI is InChI=1S/C35H28N2O5/c1-20-7-10-23(11-8-20)19-39-25-6-4-5-24(16-25)32-28-14-12-26(17-31(28)42-34(37)29(32)18-36)40-35(38)33-22(3)27-13-9-21(2)15-30(27)41-33/h4-17,32H,19,37H2,1-3H3. The molecule has 4 aromatic carbocycles. The maximum absolute atomic E-state index is 13.1. The first kappa shape index (κ1) is 26.7. The highest BCUT2D eigenvalue weighted by atomic mass is 16.5. The van der Waals surface area contributed by atoms with Gasteiger partial charge in [-0.3, -0.25) is 0 Å². The molecule has 0 aliphatic carbocycles. The van der Waals surface area contributed by atoms with Gasteiger partial charge in [0.05, 0.1) is 5.92 Å². The predicted octanol–water partition coefficient (Wildman–Crippen LogP) is 7.37. The van der Waals surface area contributed by atoms with Crippen LogP contribution in [0, 0.1) is 32.1 Å². The third-order valence-electron chi connectivity index (χ3n) is 7.40. The smallest absolute Gasteiger partial charge is 0.379 e. The van der Waals surface area contributed by atoms with Gasteiger partial charge in [0.25, 0.3) is 0 Å². The van der Waals surface area contributed by atoms with Crippen molar-refractivity contribution < 1.29 is 23.4 Å². The zero-order valence-electron chi connectivity index (χ0n) is 23.4. The molecular formula is C35H28N2O5. The van der Waals surface area contributed by atoms with Crippen LogP contribution < -0.4 is 19.9 Å². The lowest BCUT2D eigenvalue weighted by atomic mass is 9.83. The van der Waals surface area contributed by atoms with E-state index in [0.29, 0.717) is 34.8 Å². The third kappa shape index (κ3) is 5.06. The van der Waals surface area contributed by atoms with Crippen molar-refractivity contribution in [2.45, 2.75) is 33.3 Å². The van der Waals surface area contributed by atoms with E-state index in [1.54, 1.807) is 18.2 Å². The van der Waals surface area contributed by atoms with E-state index in [1.807, 2.05) is 87.5 Å². The van der Waals surface area contributed by atoms with Gasteiger partial charge in [0, 0.05) is 22.6 Å². The Morgan fingerprint density at radius 3 is 2.50 bits per heavy atom. The predicted molar refractivity (Wildman–Crippen MR) is 158 cm³/mol. The largest absolute Gasteiger partial charge is 0.489 e. The second-order valence-corrected chi connectivity index (χ2v) is 10.4. The van der Waals surface area contributed by atoms with Crippen LogP contribution in [0.4, 0.5) is 0 Å². The number of hydrogen-bond acceptors (Lipinski definition) is 7. The minimum Gasteiger partial charge on any atom is -0.489 e. The van der Waals surface area contributed by atoms with Gasteiger partial charge in [-0.25, -0.2) is 4.79 Å². The normalized spacial score (nSPS) is 14.2. The number of aryl methyl sites for hydroxylation is 3. The molecule has 0 spiro atoms. The lowest BCUT2D eigenvalue weighted by Gasteiger charge is -2.27. The van der Waals surface area contributed by atoms with Crippen molar-refractivity contribution in [3.63, 3.8) is 0 Å². The summed E-state index contributed by atoms with van der Waals surface area (Å²) in [5.41, 5.74) is 12.6. The van der Waals surface area contributed by atoms with Crippen molar-refractivity contribution >= 4 is 16.9 Å². The number of nitrogens with zero attached hydrogens (tertiary/aromatic N) is 1. The number of nitriles is 1. The number of nitrogens with two attached hydrogens (primary N) is 1. The Bertz CT molecular complexity index is 1910. The number of allylic oxidation sites excluding steroid dienone is 1. The maximum atomic E-state index is 13.1. The van der Waals surface area contributed by atoms with Crippen LogP contribution in [0.15, 0.2) is 101 Å². The van der Waals surface area contributed by atoms with Gasteiger partial charge in [0.15, 0.2) is 0 Å². The van der Waals surface area contributed by atoms with Crippen molar-refractivity contribution in [2.24, 2.45) is 5.73 Å². The van der Waals surface area contributed by atoms with Crippen LogP contribution in [-0.2, 0) is 6.61 Å². The summed E-state index contributed by atoms with van der Waals surface area (Å²) in [6, 6.07) is 28.8. The van der Waals surface area contributed by atoms with Crippen LogP contribution in [-0.4, -0.2) is 5.97 Å². The number of benzene rings is 4. The van der Waals surface area contributed by atoms with E-state index in [2.05, 4.69) is 6.07 Å². The van der Waals surface area contributed by atoms with Gasteiger partial charge in [-0.2, -0.15) is 5.26 Å². The van der Waals surface area contributed by atoms with E-state index in [9.17, 15) is 10.1 Å². The lowest BCUT2D eigenvalue weighted by Crippen LogP contribution is -2.21. The maximum Gasteiger partial charge on any atom is 0.379 e. The average Bonchev–Trinajstić information content (AvgIpc) is 3.31. The number of esters is 1. The number of ether oxygens (including phenoxy) is 3. The molecule has 6 rings (SSSR count). The Balaban J connectivity index is 1.27. The molecule has 0 fully saturated rings. The van der Waals surface area contributed by atoms with Gasteiger partial charge >= 0.3 is 5.97 Å². The lowest BCUT2D eigenvalue weighted by molar-refractivity contribution is 0.0702. The Labute approximate surface area is 243 Å². The van der Waals surface area contributed by atoms with E-state index >= 15 is 0 Å². The minimum absolute atomic E-state index is 0.00653. The topological polar surface area (TPSA) is 108 Å². The highest BCUT2D eigenvalue weighted by molar-refractivity contribution is 5.97. The molecule has 0 saturated carbocycles. The quantitative estimate of drug-likeness (QED) is 0.172. The number of carbonyl (C=O) groups excluding carboxylic acids is 1.